The van der Waals surface area contributed by atoms with Crippen molar-refractivity contribution in [2.75, 3.05) is 5.32 Å². The summed E-state index contributed by atoms with van der Waals surface area (Å²) in [6.45, 7) is 3.74. The molecule has 0 aliphatic heterocycles. The van der Waals surface area contributed by atoms with Crippen LogP contribution in [0, 0.1) is 6.92 Å². The molecule has 1 aromatic carbocycles. The highest BCUT2D eigenvalue weighted by Crippen LogP contribution is 2.23. The molecule has 0 aliphatic carbocycles. The number of nitrogens with zero attached hydrogens (tertiary/aromatic N) is 2. The maximum Gasteiger partial charge on any atom is 0.293 e. The zero-order valence-electron chi connectivity index (χ0n) is 12.3. The first-order valence-electron chi connectivity index (χ1n) is 6.85. The van der Waals surface area contributed by atoms with Crippen molar-refractivity contribution < 1.29 is 9.21 Å². The minimum Gasteiger partial charge on any atom is -0.451 e. The molecule has 0 fully saturated rings. The van der Waals surface area contributed by atoms with Gasteiger partial charge in [-0.05, 0) is 31.0 Å². The Hall–Kier alpha value is -2.25. The molecule has 8 heteroatoms. The first-order chi connectivity index (χ1) is 11.0. The van der Waals surface area contributed by atoms with Crippen LogP contribution in [0.1, 0.15) is 28.0 Å². The number of halogens is 1. The monoisotopic (exact) mass is 349 g/mol. The van der Waals surface area contributed by atoms with Crippen LogP contribution in [0.4, 0.5) is 5.13 Å². The molecule has 0 aliphatic rings. The van der Waals surface area contributed by atoms with E-state index in [4.69, 9.17) is 16.0 Å². The van der Waals surface area contributed by atoms with Gasteiger partial charge in [0.15, 0.2) is 11.2 Å². The minimum absolute atomic E-state index is 0.0857. The Bertz CT molecular complexity index is 964. The molecule has 118 valence electrons. The van der Waals surface area contributed by atoms with Crippen molar-refractivity contribution in [2.45, 2.75) is 20.3 Å². The van der Waals surface area contributed by atoms with E-state index in [2.05, 4.69) is 15.5 Å². The van der Waals surface area contributed by atoms with E-state index in [1.54, 1.807) is 13.0 Å². The highest BCUT2D eigenvalue weighted by Gasteiger charge is 2.15. The Balaban J connectivity index is 1.97. The molecule has 1 amide bonds. The fourth-order valence-corrected chi connectivity index (χ4v) is 2.83. The van der Waals surface area contributed by atoms with E-state index in [9.17, 15) is 9.59 Å². The number of benzene rings is 1. The number of rotatable bonds is 3. The molecule has 0 atom stereocenters. The van der Waals surface area contributed by atoms with Crippen LogP contribution >= 0.6 is 22.9 Å². The van der Waals surface area contributed by atoms with Gasteiger partial charge in [-0.25, -0.2) is 0 Å². The minimum atomic E-state index is -0.546. The predicted octanol–water partition coefficient (Wildman–Crippen LogP) is 3.42. The fourth-order valence-electron chi connectivity index (χ4n) is 1.99. The number of hydrogen-bond donors (Lipinski definition) is 1. The number of carbonyl (C=O) groups excluding carboxylic acids is 1. The normalized spacial score (nSPS) is 10.9. The molecule has 0 radical (unpaired) electrons. The van der Waals surface area contributed by atoms with Gasteiger partial charge in [-0.15, -0.1) is 10.2 Å². The van der Waals surface area contributed by atoms with Crippen LogP contribution in [-0.4, -0.2) is 16.1 Å². The molecule has 2 aromatic heterocycles. The first-order valence-corrected chi connectivity index (χ1v) is 8.05. The Morgan fingerprint density at radius 3 is 2.83 bits per heavy atom. The quantitative estimate of drug-likeness (QED) is 0.783. The zero-order valence-corrected chi connectivity index (χ0v) is 13.9. The second-order valence-corrected chi connectivity index (χ2v) is 6.35. The van der Waals surface area contributed by atoms with Crippen molar-refractivity contribution in [3.63, 3.8) is 0 Å². The standard InChI is InChI=1S/C15H12ClN3O3S/c1-3-13-18-19-15(23-13)17-14(21)12-6-10(20)8-5-9(16)7(2)4-11(8)22-12/h4-6H,3H2,1-2H3,(H,17,19,21). The summed E-state index contributed by atoms with van der Waals surface area (Å²) in [7, 11) is 0. The summed E-state index contributed by atoms with van der Waals surface area (Å²) in [6.07, 6.45) is 0.735. The fraction of sp³-hybridized carbons (Fsp3) is 0.200. The number of aromatic nitrogens is 2. The summed E-state index contributed by atoms with van der Waals surface area (Å²) in [5.41, 5.74) is 0.748. The van der Waals surface area contributed by atoms with Gasteiger partial charge in [0.05, 0.1) is 5.39 Å². The Labute approximate surface area is 140 Å². The summed E-state index contributed by atoms with van der Waals surface area (Å²) in [5.74, 6) is -0.632. The van der Waals surface area contributed by atoms with Crippen molar-refractivity contribution in [3.8, 4) is 0 Å². The van der Waals surface area contributed by atoms with Crippen LogP contribution < -0.4 is 10.7 Å². The Kier molecular flexibility index (Phi) is 4.14. The molecule has 6 nitrogen and oxygen atoms in total. The second kappa shape index (κ2) is 6.10. The molecule has 0 spiro atoms. The van der Waals surface area contributed by atoms with Crippen LogP contribution in [-0.2, 0) is 6.42 Å². The largest absolute Gasteiger partial charge is 0.451 e. The van der Waals surface area contributed by atoms with Crippen LogP contribution in [0.15, 0.2) is 27.4 Å². The maximum atomic E-state index is 12.2. The van der Waals surface area contributed by atoms with Crippen molar-refractivity contribution in [2.24, 2.45) is 0 Å². The summed E-state index contributed by atoms with van der Waals surface area (Å²) >= 11 is 7.29. The molecule has 1 N–H and O–H groups in total. The molecule has 0 unspecified atom stereocenters. The van der Waals surface area contributed by atoms with E-state index < -0.39 is 5.91 Å². The average Bonchev–Trinajstić information content (AvgIpc) is 2.96. The van der Waals surface area contributed by atoms with E-state index in [1.807, 2.05) is 6.92 Å². The number of fused-ring (bicyclic) bond motifs is 1. The van der Waals surface area contributed by atoms with Crippen LogP contribution in [0.25, 0.3) is 11.0 Å². The first kappa shape index (κ1) is 15.6. The molecule has 0 saturated heterocycles. The molecule has 0 bridgehead atoms. The molecule has 3 rings (SSSR count). The lowest BCUT2D eigenvalue weighted by Crippen LogP contribution is -2.15. The van der Waals surface area contributed by atoms with E-state index in [0.29, 0.717) is 21.1 Å². The van der Waals surface area contributed by atoms with Crippen molar-refractivity contribution in [1.82, 2.24) is 10.2 Å². The third-order valence-electron chi connectivity index (χ3n) is 3.22. The number of hydrogen-bond acceptors (Lipinski definition) is 6. The van der Waals surface area contributed by atoms with E-state index in [0.717, 1.165) is 23.1 Å². The lowest BCUT2D eigenvalue weighted by molar-refractivity contribution is 0.0997. The number of nitrogens with one attached hydrogen (secondary N) is 1. The molecule has 23 heavy (non-hydrogen) atoms. The zero-order chi connectivity index (χ0) is 16.6. The highest BCUT2D eigenvalue weighted by molar-refractivity contribution is 7.15. The highest BCUT2D eigenvalue weighted by atomic mass is 35.5. The van der Waals surface area contributed by atoms with E-state index in [-0.39, 0.29) is 11.2 Å². The number of aryl methyl sites for hydroxylation is 2. The second-order valence-electron chi connectivity index (χ2n) is 4.88. The van der Waals surface area contributed by atoms with Crippen LogP contribution in [0.2, 0.25) is 5.02 Å². The van der Waals surface area contributed by atoms with Gasteiger partial charge in [0, 0.05) is 11.1 Å². The molecule has 0 saturated carbocycles. The van der Waals surface area contributed by atoms with Gasteiger partial charge >= 0.3 is 0 Å². The van der Waals surface area contributed by atoms with Crippen molar-refractivity contribution in [1.29, 1.82) is 0 Å². The van der Waals surface area contributed by atoms with E-state index >= 15 is 0 Å². The molecule has 2 heterocycles. The average molecular weight is 350 g/mol. The topological polar surface area (TPSA) is 85.1 Å². The summed E-state index contributed by atoms with van der Waals surface area (Å²) in [4.78, 5) is 24.4. The third-order valence-corrected chi connectivity index (χ3v) is 4.61. The van der Waals surface area contributed by atoms with Gasteiger partial charge < -0.3 is 4.42 Å². The summed E-state index contributed by atoms with van der Waals surface area (Å²) in [6, 6.07) is 4.32. The molecular weight excluding hydrogens is 338 g/mol. The summed E-state index contributed by atoms with van der Waals surface area (Å²) < 4.78 is 5.53. The predicted molar refractivity (Wildman–Crippen MR) is 89.5 cm³/mol. The lowest BCUT2D eigenvalue weighted by atomic mass is 10.1. The van der Waals surface area contributed by atoms with Gasteiger partial charge in [-0.1, -0.05) is 29.9 Å². The lowest BCUT2D eigenvalue weighted by Gasteiger charge is -2.04. The van der Waals surface area contributed by atoms with Gasteiger partial charge in [-0.3, -0.25) is 14.9 Å². The summed E-state index contributed by atoms with van der Waals surface area (Å²) in [5, 5.41) is 12.3. The van der Waals surface area contributed by atoms with Crippen LogP contribution in [0.5, 0.6) is 0 Å². The smallest absolute Gasteiger partial charge is 0.293 e. The molecule has 3 aromatic rings. The van der Waals surface area contributed by atoms with Crippen molar-refractivity contribution in [3.05, 3.63) is 49.8 Å². The van der Waals surface area contributed by atoms with Crippen molar-refractivity contribution >= 4 is 44.9 Å². The third kappa shape index (κ3) is 3.11. The van der Waals surface area contributed by atoms with Gasteiger partial charge in [-0.2, -0.15) is 0 Å². The number of amides is 1. The molecular formula is C15H12ClN3O3S. The SMILES string of the molecule is CCc1nnc(NC(=O)c2cc(=O)c3cc(Cl)c(C)cc3o2)s1. The Morgan fingerprint density at radius 2 is 2.13 bits per heavy atom. The number of carbonyl (C=O) groups is 1. The van der Waals surface area contributed by atoms with Crippen LogP contribution in [0.3, 0.4) is 0 Å². The Morgan fingerprint density at radius 1 is 1.35 bits per heavy atom. The maximum absolute atomic E-state index is 12.2. The van der Waals surface area contributed by atoms with Gasteiger partial charge in [0.1, 0.15) is 10.6 Å². The van der Waals surface area contributed by atoms with Gasteiger partial charge in [0.2, 0.25) is 5.13 Å². The number of anilines is 1. The van der Waals surface area contributed by atoms with Gasteiger partial charge in [0.25, 0.3) is 5.91 Å². The van der Waals surface area contributed by atoms with E-state index in [1.165, 1.54) is 17.4 Å².